The summed E-state index contributed by atoms with van der Waals surface area (Å²) in [6.45, 7) is 3.53. The van der Waals surface area contributed by atoms with Crippen LogP contribution in [0.3, 0.4) is 0 Å². The molecule has 16 heavy (non-hydrogen) atoms. The first-order valence-electron chi connectivity index (χ1n) is 4.93. The average molecular weight is 220 g/mol. The molecule has 84 valence electrons. The molecule has 0 bridgehead atoms. The first-order valence-corrected chi connectivity index (χ1v) is 4.93. The van der Waals surface area contributed by atoms with Crippen LogP contribution in [-0.4, -0.2) is 23.3 Å². The van der Waals surface area contributed by atoms with Gasteiger partial charge in [-0.05, 0) is 12.1 Å². The van der Waals surface area contributed by atoms with Crippen LogP contribution in [-0.2, 0) is 4.79 Å². The van der Waals surface area contributed by atoms with Crippen LogP contribution in [0.15, 0.2) is 36.9 Å². The predicted octanol–water partition coefficient (Wildman–Crippen LogP) is 1.86. The van der Waals surface area contributed by atoms with Crippen molar-refractivity contribution in [3.63, 3.8) is 0 Å². The normalized spacial score (nSPS) is 22.5. The molecule has 0 saturated carbocycles. The van der Waals surface area contributed by atoms with Crippen LogP contribution in [0, 0.1) is 0 Å². The second kappa shape index (κ2) is 3.89. The van der Waals surface area contributed by atoms with E-state index in [4.69, 9.17) is 9.47 Å². The van der Waals surface area contributed by atoms with Crippen molar-refractivity contribution in [3.05, 3.63) is 36.9 Å². The fourth-order valence-electron chi connectivity index (χ4n) is 1.61. The van der Waals surface area contributed by atoms with Crippen LogP contribution in [0.5, 0.6) is 11.5 Å². The van der Waals surface area contributed by atoms with Crippen molar-refractivity contribution < 1.29 is 19.4 Å². The lowest BCUT2D eigenvalue weighted by atomic mass is 9.99. The quantitative estimate of drug-likeness (QED) is 0.790. The SMILES string of the molecule is C=CC[C@@]1(C(=O)O)COc2ccccc2O1. The minimum absolute atomic E-state index is 0.00856. The van der Waals surface area contributed by atoms with Crippen LogP contribution >= 0.6 is 0 Å². The number of rotatable bonds is 3. The Balaban J connectivity index is 2.34. The van der Waals surface area contributed by atoms with Gasteiger partial charge < -0.3 is 14.6 Å². The lowest BCUT2D eigenvalue weighted by molar-refractivity contribution is -0.160. The highest BCUT2D eigenvalue weighted by molar-refractivity contribution is 5.79. The van der Waals surface area contributed by atoms with Crippen molar-refractivity contribution in [2.75, 3.05) is 6.61 Å². The molecule has 1 aliphatic rings. The third-order valence-corrected chi connectivity index (χ3v) is 2.48. The van der Waals surface area contributed by atoms with Crippen LogP contribution < -0.4 is 9.47 Å². The first-order chi connectivity index (χ1) is 7.68. The topological polar surface area (TPSA) is 55.8 Å². The van der Waals surface area contributed by atoms with Gasteiger partial charge in [-0.15, -0.1) is 6.58 Å². The molecule has 0 spiro atoms. The smallest absolute Gasteiger partial charge is 0.352 e. The Morgan fingerprint density at radius 3 is 2.81 bits per heavy atom. The fourth-order valence-corrected chi connectivity index (χ4v) is 1.61. The van der Waals surface area contributed by atoms with Gasteiger partial charge in [0.05, 0.1) is 0 Å². The second-order valence-corrected chi connectivity index (χ2v) is 3.63. The number of fused-ring (bicyclic) bond motifs is 1. The standard InChI is InChI=1S/C12H12O4/c1-2-7-12(11(13)14)8-15-9-5-3-4-6-10(9)16-12/h2-6H,1,7-8H2,(H,13,14)/t12-/m0/s1. The Morgan fingerprint density at radius 2 is 2.19 bits per heavy atom. The van der Waals surface area contributed by atoms with Crippen molar-refractivity contribution in [1.82, 2.24) is 0 Å². The van der Waals surface area contributed by atoms with E-state index in [-0.39, 0.29) is 13.0 Å². The van der Waals surface area contributed by atoms with E-state index < -0.39 is 11.6 Å². The Bertz CT molecular complexity index is 427. The number of carboxylic acid groups (broad SMARTS) is 1. The fraction of sp³-hybridized carbons (Fsp3) is 0.250. The molecule has 0 saturated heterocycles. The zero-order valence-electron chi connectivity index (χ0n) is 8.68. The van der Waals surface area contributed by atoms with Gasteiger partial charge in [0.1, 0.15) is 6.61 Å². The minimum atomic E-state index is -1.35. The molecular formula is C12H12O4. The number of carbonyl (C=O) groups is 1. The highest BCUT2D eigenvalue weighted by Crippen LogP contribution is 2.36. The maximum atomic E-state index is 11.2. The van der Waals surface area contributed by atoms with Crippen molar-refractivity contribution in [3.8, 4) is 11.5 Å². The Kier molecular flexibility index (Phi) is 2.56. The number of hydrogen-bond acceptors (Lipinski definition) is 3. The van der Waals surface area contributed by atoms with E-state index >= 15 is 0 Å². The van der Waals surface area contributed by atoms with Gasteiger partial charge in [-0.25, -0.2) is 4.79 Å². The summed E-state index contributed by atoms with van der Waals surface area (Å²) < 4.78 is 10.9. The van der Waals surface area contributed by atoms with Crippen LogP contribution in [0.1, 0.15) is 6.42 Å². The summed E-state index contributed by atoms with van der Waals surface area (Å²) in [6, 6.07) is 7.02. The number of hydrogen-bond donors (Lipinski definition) is 1. The van der Waals surface area contributed by atoms with Crippen molar-refractivity contribution in [2.24, 2.45) is 0 Å². The lowest BCUT2D eigenvalue weighted by Crippen LogP contribution is -2.51. The maximum absolute atomic E-state index is 11.2. The van der Waals surface area contributed by atoms with E-state index in [1.54, 1.807) is 18.2 Å². The number of benzene rings is 1. The largest absolute Gasteiger partial charge is 0.485 e. The Morgan fingerprint density at radius 1 is 1.50 bits per heavy atom. The van der Waals surface area contributed by atoms with Gasteiger partial charge in [0.25, 0.3) is 0 Å². The average Bonchev–Trinajstić information content (AvgIpc) is 2.29. The van der Waals surface area contributed by atoms with Gasteiger partial charge in [0.2, 0.25) is 5.60 Å². The molecule has 1 aromatic carbocycles. The van der Waals surface area contributed by atoms with E-state index in [1.807, 2.05) is 6.07 Å². The number of para-hydroxylation sites is 2. The Hall–Kier alpha value is -1.97. The van der Waals surface area contributed by atoms with E-state index in [0.29, 0.717) is 11.5 Å². The minimum Gasteiger partial charge on any atom is -0.485 e. The zero-order chi connectivity index (χ0) is 11.6. The third-order valence-electron chi connectivity index (χ3n) is 2.48. The molecule has 0 fully saturated rings. The van der Waals surface area contributed by atoms with Gasteiger partial charge in [-0.2, -0.15) is 0 Å². The summed E-state index contributed by atoms with van der Waals surface area (Å²) in [6.07, 6.45) is 1.72. The summed E-state index contributed by atoms with van der Waals surface area (Å²) in [4.78, 5) is 11.2. The Labute approximate surface area is 93.1 Å². The number of ether oxygens (including phenoxy) is 2. The lowest BCUT2D eigenvalue weighted by Gasteiger charge is -2.34. The third kappa shape index (κ3) is 1.62. The van der Waals surface area contributed by atoms with E-state index in [1.165, 1.54) is 6.08 Å². The van der Waals surface area contributed by atoms with E-state index in [2.05, 4.69) is 6.58 Å². The first kappa shape index (κ1) is 10.5. The van der Waals surface area contributed by atoms with Gasteiger partial charge >= 0.3 is 5.97 Å². The van der Waals surface area contributed by atoms with Gasteiger partial charge in [0, 0.05) is 6.42 Å². The molecule has 1 aromatic rings. The molecule has 2 rings (SSSR count). The van der Waals surface area contributed by atoms with Crippen molar-refractivity contribution in [1.29, 1.82) is 0 Å². The summed E-state index contributed by atoms with van der Waals surface area (Å²) >= 11 is 0. The zero-order valence-corrected chi connectivity index (χ0v) is 8.68. The summed E-state index contributed by atoms with van der Waals surface area (Å²) in [5.41, 5.74) is -1.35. The molecule has 0 radical (unpaired) electrons. The molecule has 1 heterocycles. The number of aliphatic carboxylic acids is 1. The van der Waals surface area contributed by atoms with Crippen LogP contribution in [0.25, 0.3) is 0 Å². The summed E-state index contributed by atoms with van der Waals surface area (Å²) in [7, 11) is 0. The molecule has 1 N–H and O–H groups in total. The van der Waals surface area contributed by atoms with E-state index in [9.17, 15) is 9.90 Å². The van der Waals surface area contributed by atoms with Crippen LogP contribution in [0.2, 0.25) is 0 Å². The highest BCUT2D eigenvalue weighted by Gasteiger charge is 2.44. The van der Waals surface area contributed by atoms with Crippen LogP contribution in [0.4, 0.5) is 0 Å². The molecule has 4 heteroatoms. The molecular weight excluding hydrogens is 208 g/mol. The monoisotopic (exact) mass is 220 g/mol. The van der Waals surface area contributed by atoms with E-state index in [0.717, 1.165) is 0 Å². The molecule has 0 unspecified atom stereocenters. The highest BCUT2D eigenvalue weighted by atomic mass is 16.6. The van der Waals surface area contributed by atoms with Crippen molar-refractivity contribution in [2.45, 2.75) is 12.0 Å². The molecule has 0 aromatic heterocycles. The van der Waals surface area contributed by atoms with Gasteiger partial charge in [0.15, 0.2) is 11.5 Å². The molecule has 1 aliphatic heterocycles. The molecule has 0 aliphatic carbocycles. The van der Waals surface area contributed by atoms with Gasteiger partial charge in [-0.1, -0.05) is 18.2 Å². The second-order valence-electron chi connectivity index (χ2n) is 3.63. The molecule has 4 nitrogen and oxygen atoms in total. The van der Waals surface area contributed by atoms with Gasteiger partial charge in [-0.3, -0.25) is 0 Å². The molecule has 1 atom stereocenters. The molecule has 0 amide bonds. The number of carboxylic acids is 1. The summed E-state index contributed by atoms with van der Waals surface area (Å²) in [5.74, 6) is -0.0108. The predicted molar refractivity (Wildman–Crippen MR) is 57.7 cm³/mol. The maximum Gasteiger partial charge on any atom is 0.352 e. The summed E-state index contributed by atoms with van der Waals surface area (Å²) in [5, 5.41) is 9.19. The van der Waals surface area contributed by atoms with Crippen molar-refractivity contribution >= 4 is 5.97 Å².